The molecule has 4 atom stereocenters. The maximum atomic E-state index is 14.2. The third-order valence-electron chi connectivity index (χ3n) is 7.18. The number of ether oxygens (including phenoxy) is 1. The SMILES string of the molecule is Cc1cccc(C(C(=O)Nc2ccc3ccccc3c2)N(C(=O)C(CC(N)=O)NC(=O)OC(C)(C)C)C2CC2C)c1O. The zero-order valence-electron chi connectivity index (χ0n) is 24.5. The maximum Gasteiger partial charge on any atom is 0.408 e. The summed E-state index contributed by atoms with van der Waals surface area (Å²) in [5.74, 6) is -2.16. The zero-order valence-corrected chi connectivity index (χ0v) is 24.5. The van der Waals surface area contributed by atoms with Crippen LogP contribution in [0, 0.1) is 12.8 Å². The first-order chi connectivity index (χ1) is 19.7. The van der Waals surface area contributed by atoms with E-state index in [1.165, 1.54) is 4.90 Å². The first-order valence-corrected chi connectivity index (χ1v) is 13.9. The number of phenolic OH excluding ortho intramolecular Hbond substituents is 1. The first kappa shape index (κ1) is 30.4. The fourth-order valence-corrected chi connectivity index (χ4v) is 5.00. The van der Waals surface area contributed by atoms with Crippen LogP contribution in [0.2, 0.25) is 0 Å². The van der Waals surface area contributed by atoms with E-state index in [1.807, 2.05) is 43.3 Å². The summed E-state index contributed by atoms with van der Waals surface area (Å²) in [7, 11) is 0. The van der Waals surface area contributed by atoms with Crippen LogP contribution < -0.4 is 16.4 Å². The lowest BCUT2D eigenvalue weighted by atomic mass is 9.98. The average Bonchev–Trinajstić information content (AvgIpc) is 3.62. The summed E-state index contributed by atoms with van der Waals surface area (Å²) >= 11 is 0. The minimum absolute atomic E-state index is 0.0348. The molecular weight excluding hydrogens is 536 g/mol. The Kier molecular flexibility index (Phi) is 8.75. The fourth-order valence-electron chi connectivity index (χ4n) is 5.00. The van der Waals surface area contributed by atoms with Crippen molar-refractivity contribution in [1.82, 2.24) is 10.2 Å². The number of para-hydroxylation sites is 1. The van der Waals surface area contributed by atoms with Crippen molar-refractivity contribution in [3.63, 3.8) is 0 Å². The van der Waals surface area contributed by atoms with E-state index in [0.717, 1.165) is 10.8 Å². The van der Waals surface area contributed by atoms with Crippen LogP contribution in [0.25, 0.3) is 10.8 Å². The van der Waals surface area contributed by atoms with Gasteiger partial charge in [0.15, 0.2) is 0 Å². The summed E-state index contributed by atoms with van der Waals surface area (Å²) in [6.45, 7) is 8.64. The van der Waals surface area contributed by atoms with Gasteiger partial charge in [-0.05, 0) is 68.5 Å². The molecule has 0 aromatic heterocycles. The highest BCUT2D eigenvalue weighted by atomic mass is 16.6. The van der Waals surface area contributed by atoms with Crippen molar-refractivity contribution in [3.05, 3.63) is 71.8 Å². The molecule has 1 aliphatic rings. The molecule has 4 amide bonds. The van der Waals surface area contributed by atoms with Gasteiger partial charge < -0.3 is 31.1 Å². The van der Waals surface area contributed by atoms with Gasteiger partial charge in [-0.2, -0.15) is 0 Å². The summed E-state index contributed by atoms with van der Waals surface area (Å²) in [6.07, 6.45) is -0.816. The standard InChI is InChI=1S/C32H38N4O6/c1-18-9-8-12-23(28(18)38)27(29(39)34-22-14-13-20-10-6-7-11-21(20)16-22)36(25-15-19(25)2)30(40)24(17-26(33)37)35-31(41)42-32(3,4)5/h6-14,16,19,24-25,27,38H,15,17H2,1-5H3,(H2,33,37)(H,34,39)(H,35,41). The molecule has 0 heterocycles. The topological polar surface area (TPSA) is 151 Å². The summed E-state index contributed by atoms with van der Waals surface area (Å²) in [6, 6.07) is 15.1. The van der Waals surface area contributed by atoms with E-state index in [0.29, 0.717) is 17.7 Å². The molecule has 3 aromatic rings. The largest absolute Gasteiger partial charge is 0.507 e. The van der Waals surface area contributed by atoms with Crippen molar-refractivity contribution < 1.29 is 29.0 Å². The number of aryl methyl sites for hydroxylation is 1. The Labute approximate surface area is 245 Å². The number of amides is 4. The number of nitrogens with zero attached hydrogens (tertiary/aromatic N) is 1. The number of nitrogens with two attached hydrogens (primary N) is 1. The average molecular weight is 575 g/mol. The van der Waals surface area contributed by atoms with Crippen LogP contribution in [-0.2, 0) is 19.1 Å². The van der Waals surface area contributed by atoms with E-state index in [-0.39, 0.29) is 23.3 Å². The number of anilines is 1. The van der Waals surface area contributed by atoms with Gasteiger partial charge in [0.05, 0.1) is 6.42 Å². The number of benzene rings is 3. The van der Waals surface area contributed by atoms with E-state index in [4.69, 9.17) is 10.5 Å². The Morgan fingerprint density at radius 1 is 1.05 bits per heavy atom. The molecule has 10 nitrogen and oxygen atoms in total. The number of aromatic hydroxyl groups is 1. The number of hydrogen-bond acceptors (Lipinski definition) is 6. The molecule has 1 fully saturated rings. The molecule has 222 valence electrons. The van der Waals surface area contributed by atoms with Gasteiger partial charge >= 0.3 is 6.09 Å². The van der Waals surface area contributed by atoms with Gasteiger partial charge in [0.1, 0.15) is 23.4 Å². The van der Waals surface area contributed by atoms with Gasteiger partial charge in [0.2, 0.25) is 11.8 Å². The third-order valence-corrected chi connectivity index (χ3v) is 7.18. The zero-order chi connectivity index (χ0) is 30.8. The summed E-state index contributed by atoms with van der Waals surface area (Å²) in [4.78, 5) is 54.4. The van der Waals surface area contributed by atoms with Crippen LogP contribution in [0.5, 0.6) is 5.75 Å². The number of carbonyl (C=O) groups excluding carboxylic acids is 4. The minimum atomic E-state index is -1.40. The second-order valence-electron chi connectivity index (χ2n) is 11.9. The molecule has 0 saturated heterocycles. The molecule has 1 aliphatic carbocycles. The smallest absolute Gasteiger partial charge is 0.408 e. The molecule has 4 unspecified atom stereocenters. The van der Waals surface area contributed by atoms with Gasteiger partial charge in [-0.1, -0.05) is 55.5 Å². The molecule has 0 radical (unpaired) electrons. The van der Waals surface area contributed by atoms with Crippen LogP contribution in [0.15, 0.2) is 60.7 Å². The van der Waals surface area contributed by atoms with E-state index in [9.17, 15) is 24.3 Å². The second kappa shape index (κ2) is 12.1. The van der Waals surface area contributed by atoms with Crippen LogP contribution >= 0.6 is 0 Å². The maximum absolute atomic E-state index is 14.2. The first-order valence-electron chi connectivity index (χ1n) is 13.9. The molecule has 5 N–H and O–H groups in total. The minimum Gasteiger partial charge on any atom is -0.507 e. The third kappa shape index (κ3) is 7.18. The summed E-state index contributed by atoms with van der Waals surface area (Å²) in [5.41, 5.74) is 5.86. The molecule has 1 saturated carbocycles. The number of fused-ring (bicyclic) bond motifs is 1. The van der Waals surface area contributed by atoms with E-state index in [1.54, 1.807) is 52.0 Å². The summed E-state index contributed by atoms with van der Waals surface area (Å²) in [5, 5.41) is 18.4. The predicted octanol–water partition coefficient (Wildman–Crippen LogP) is 4.54. The van der Waals surface area contributed by atoms with Crippen LogP contribution in [-0.4, -0.2) is 51.5 Å². The van der Waals surface area contributed by atoms with E-state index >= 15 is 0 Å². The lowest BCUT2D eigenvalue weighted by Gasteiger charge is -2.35. The van der Waals surface area contributed by atoms with Crippen molar-refractivity contribution in [2.45, 2.75) is 71.2 Å². The van der Waals surface area contributed by atoms with Crippen molar-refractivity contribution in [3.8, 4) is 5.75 Å². The number of nitrogens with one attached hydrogen (secondary N) is 2. The highest BCUT2D eigenvalue weighted by molar-refractivity contribution is 6.01. The van der Waals surface area contributed by atoms with Gasteiger partial charge in [-0.25, -0.2) is 4.79 Å². The van der Waals surface area contributed by atoms with Crippen LogP contribution in [0.1, 0.15) is 57.7 Å². The number of primary amides is 1. The van der Waals surface area contributed by atoms with E-state index in [2.05, 4.69) is 10.6 Å². The van der Waals surface area contributed by atoms with Crippen molar-refractivity contribution in [2.75, 3.05) is 5.32 Å². The lowest BCUT2D eigenvalue weighted by Crippen LogP contribution is -2.54. The van der Waals surface area contributed by atoms with Crippen molar-refractivity contribution >= 4 is 40.3 Å². The molecule has 0 aliphatic heterocycles. The lowest BCUT2D eigenvalue weighted by molar-refractivity contribution is -0.142. The van der Waals surface area contributed by atoms with E-state index < -0.39 is 47.9 Å². The summed E-state index contributed by atoms with van der Waals surface area (Å²) < 4.78 is 5.33. The Morgan fingerprint density at radius 2 is 1.71 bits per heavy atom. The Balaban J connectivity index is 1.76. The quantitative estimate of drug-likeness (QED) is 0.295. The van der Waals surface area contributed by atoms with Crippen LogP contribution in [0.4, 0.5) is 10.5 Å². The van der Waals surface area contributed by atoms with Gasteiger partial charge in [0, 0.05) is 17.3 Å². The molecule has 0 bridgehead atoms. The van der Waals surface area contributed by atoms with Crippen LogP contribution in [0.3, 0.4) is 0 Å². The molecule has 0 spiro atoms. The normalized spacial score (nSPS) is 17.5. The van der Waals surface area contributed by atoms with Gasteiger partial charge in [-0.3, -0.25) is 14.4 Å². The molecule has 10 heteroatoms. The van der Waals surface area contributed by atoms with Crippen molar-refractivity contribution in [2.24, 2.45) is 11.7 Å². The monoisotopic (exact) mass is 574 g/mol. The van der Waals surface area contributed by atoms with Crippen molar-refractivity contribution in [1.29, 1.82) is 0 Å². The molecule has 42 heavy (non-hydrogen) atoms. The number of carbonyl (C=O) groups is 4. The highest BCUT2D eigenvalue weighted by Gasteiger charge is 2.49. The number of hydrogen-bond donors (Lipinski definition) is 4. The molecule has 4 rings (SSSR count). The Bertz CT molecular complexity index is 1510. The fraction of sp³-hybridized carbons (Fsp3) is 0.375. The highest BCUT2D eigenvalue weighted by Crippen LogP contribution is 2.43. The van der Waals surface area contributed by atoms with Gasteiger partial charge in [0.25, 0.3) is 5.91 Å². The Hall–Kier alpha value is -4.60. The second-order valence-corrected chi connectivity index (χ2v) is 11.9. The predicted molar refractivity (Wildman–Crippen MR) is 160 cm³/mol. The number of rotatable bonds is 9. The Morgan fingerprint density at radius 3 is 2.33 bits per heavy atom. The molecular formula is C32H38N4O6. The number of alkyl carbamates (subject to hydrolysis) is 1. The molecule has 3 aromatic carbocycles. The number of phenols is 1. The van der Waals surface area contributed by atoms with Gasteiger partial charge in [-0.15, -0.1) is 0 Å².